The summed E-state index contributed by atoms with van der Waals surface area (Å²) >= 11 is 0. The smallest absolute Gasteiger partial charge is 0.141 e. The topological polar surface area (TPSA) is 43.8 Å². The Hall–Kier alpha value is -0.990. The van der Waals surface area contributed by atoms with Crippen molar-refractivity contribution in [3.05, 3.63) is 12.5 Å². The van der Waals surface area contributed by atoms with Crippen LogP contribution in [0, 0.1) is 0 Å². The Kier molecular flexibility index (Phi) is 2.52. The third-order valence-electron chi connectivity index (χ3n) is 1.84. The molecule has 0 fully saturated rings. The molecule has 11 heavy (non-hydrogen) atoms. The van der Waals surface area contributed by atoms with Crippen LogP contribution in [0.3, 0.4) is 0 Å². The van der Waals surface area contributed by atoms with E-state index in [4.69, 9.17) is 5.73 Å². The van der Waals surface area contributed by atoms with Gasteiger partial charge < -0.3 is 10.3 Å². The fourth-order valence-electron chi connectivity index (χ4n) is 1.16. The number of aromatic nitrogens is 2. The molecule has 1 heterocycles. The predicted octanol–water partition coefficient (Wildman–Crippen LogP) is 1.83. The maximum absolute atomic E-state index is 5.48. The van der Waals surface area contributed by atoms with E-state index >= 15 is 0 Å². The minimum absolute atomic E-state index is 0.518. The maximum Gasteiger partial charge on any atom is 0.141 e. The molecule has 1 unspecified atom stereocenters. The van der Waals surface area contributed by atoms with E-state index in [1.807, 2.05) is 6.20 Å². The lowest BCUT2D eigenvalue weighted by Gasteiger charge is -2.10. The lowest BCUT2D eigenvalue weighted by Crippen LogP contribution is -2.01. The summed E-state index contributed by atoms with van der Waals surface area (Å²) in [4.78, 5) is 3.96. The standard InChI is InChI=1S/C8H15N3/c1-3-4-7(2)11-5-8(9)10-6-11/h5-7H,3-4,9H2,1-2H3. The molecule has 0 aliphatic carbocycles. The zero-order chi connectivity index (χ0) is 8.27. The first-order valence-electron chi connectivity index (χ1n) is 4.03. The van der Waals surface area contributed by atoms with Crippen LogP contribution in [0.15, 0.2) is 12.5 Å². The van der Waals surface area contributed by atoms with E-state index in [1.165, 1.54) is 12.8 Å². The van der Waals surface area contributed by atoms with E-state index in [2.05, 4.69) is 23.4 Å². The molecule has 0 saturated carbocycles. The van der Waals surface area contributed by atoms with Gasteiger partial charge in [-0.05, 0) is 13.3 Å². The Morgan fingerprint density at radius 1 is 1.73 bits per heavy atom. The molecular formula is C8H15N3. The molecule has 0 radical (unpaired) electrons. The molecule has 0 bridgehead atoms. The van der Waals surface area contributed by atoms with Crippen LogP contribution in [0.2, 0.25) is 0 Å². The first kappa shape index (κ1) is 8.11. The van der Waals surface area contributed by atoms with Crippen molar-refractivity contribution in [2.24, 2.45) is 0 Å². The molecule has 1 aromatic heterocycles. The van der Waals surface area contributed by atoms with Crippen molar-refractivity contribution in [1.82, 2.24) is 9.55 Å². The fraction of sp³-hybridized carbons (Fsp3) is 0.625. The Morgan fingerprint density at radius 3 is 2.91 bits per heavy atom. The van der Waals surface area contributed by atoms with E-state index in [0.717, 1.165) is 0 Å². The average Bonchev–Trinajstić information content (AvgIpc) is 2.36. The molecule has 1 aromatic rings. The third-order valence-corrected chi connectivity index (χ3v) is 1.84. The second kappa shape index (κ2) is 3.42. The van der Waals surface area contributed by atoms with Gasteiger partial charge in [-0.1, -0.05) is 13.3 Å². The van der Waals surface area contributed by atoms with Gasteiger partial charge in [0.1, 0.15) is 5.82 Å². The van der Waals surface area contributed by atoms with Gasteiger partial charge >= 0.3 is 0 Å². The molecule has 0 spiro atoms. The van der Waals surface area contributed by atoms with Gasteiger partial charge in [0.25, 0.3) is 0 Å². The summed E-state index contributed by atoms with van der Waals surface area (Å²) in [6.07, 6.45) is 6.03. The van der Waals surface area contributed by atoms with Crippen molar-refractivity contribution in [2.45, 2.75) is 32.7 Å². The first-order chi connectivity index (χ1) is 5.24. The molecule has 0 aromatic carbocycles. The van der Waals surface area contributed by atoms with E-state index in [-0.39, 0.29) is 0 Å². The van der Waals surface area contributed by atoms with Crippen molar-refractivity contribution in [3.63, 3.8) is 0 Å². The van der Waals surface area contributed by atoms with Gasteiger partial charge in [0, 0.05) is 12.2 Å². The van der Waals surface area contributed by atoms with Crippen LogP contribution >= 0.6 is 0 Å². The van der Waals surface area contributed by atoms with Gasteiger partial charge in [0.2, 0.25) is 0 Å². The van der Waals surface area contributed by atoms with Crippen LogP contribution in [0.5, 0.6) is 0 Å². The molecule has 2 N–H and O–H groups in total. The second-order valence-electron chi connectivity index (χ2n) is 2.88. The molecule has 1 rings (SSSR count). The van der Waals surface area contributed by atoms with Crippen LogP contribution in [0.25, 0.3) is 0 Å². The van der Waals surface area contributed by atoms with Crippen LogP contribution < -0.4 is 5.73 Å². The molecule has 3 heteroatoms. The van der Waals surface area contributed by atoms with Crippen molar-refractivity contribution >= 4 is 5.82 Å². The van der Waals surface area contributed by atoms with Crippen LogP contribution in [-0.4, -0.2) is 9.55 Å². The minimum atomic E-state index is 0.518. The summed E-state index contributed by atoms with van der Waals surface area (Å²) < 4.78 is 2.05. The normalized spacial score (nSPS) is 13.3. The Labute approximate surface area is 67.2 Å². The molecule has 0 aliphatic heterocycles. The summed E-state index contributed by atoms with van der Waals surface area (Å²) in [5, 5.41) is 0. The maximum atomic E-state index is 5.48. The molecule has 3 nitrogen and oxygen atoms in total. The second-order valence-corrected chi connectivity index (χ2v) is 2.88. The third kappa shape index (κ3) is 1.97. The van der Waals surface area contributed by atoms with Gasteiger partial charge in [0.15, 0.2) is 0 Å². The molecule has 62 valence electrons. The number of hydrogen-bond acceptors (Lipinski definition) is 2. The van der Waals surface area contributed by atoms with E-state index in [1.54, 1.807) is 6.33 Å². The van der Waals surface area contributed by atoms with Crippen LogP contribution in [0.1, 0.15) is 32.7 Å². The largest absolute Gasteiger partial charge is 0.382 e. The lowest BCUT2D eigenvalue weighted by molar-refractivity contribution is 0.500. The number of rotatable bonds is 3. The van der Waals surface area contributed by atoms with Gasteiger partial charge in [-0.3, -0.25) is 0 Å². The van der Waals surface area contributed by atoms with Crippen molar-refractivity contribution < 1.29 is 0 Å². The van der Waals surface area contributed by atoms with Gasteiger partial charge in [0.05, 0.1) is 6.33 Å². The highest BCUT2D eigenvalue weighted by Crippen LogP contribution is 2.13. The zero-order valence-electron chi connectivity index (χ0n) is 7.12. The van der Waals surface area contributed by atoms with E-state index < -0.39 is 0 Å². The van der Waals surface area contributed by atoms with Gasteiger partial charge in [-0.2, -0.15) is 0 Å². The number of nitrogens with two attached hydrogens (primary N) is 1. The van der Waals surface area contributed by atoms with Crippen molar-refractivity contribution in [1.29, 1.82) is 0 Å². The Morgan fingerprint density at radius 2 is 2.45 bits per heavy atom. The predicted molar refractivity (Wildman–Crippen MR) is 46.3 cm³/mol. The summed E-state index contributed by atoms with van der Waals surface area (Å²) in [5.41, 5.74) is 5.48. The number of imidazole rings is 1. The van der Waals surface area contributed by atoms with Crippen molar-refractivity contribution in [3.8, 4) is 0 Å². The Balaban J connectivity index is 2.60. The SMILES string of the molecule is CCCC(C)n1cnc(N)c1. The summed E-state index contributed by atoms with van der Waals surface area (Å²) in [6.45, 7) is 4.35. The minimum Gasteiger partial charge on any atom is -0.382 e. The summed E-state index contributed by atoms with van der Waals surface area (Å²) in [5.74, 6) is 0.605. The van der Waals surface area contributed by atoms with Gasteiger partial charge in [-0.15, -0.1) is 0 Å². The average molecular weight is 153 g/mol. The highest BCUT2D eigenvalue weighted by molar-refractivity contribution is 5.22. The first-order valence-corrected chi connectivity index (χ1v) is 4.03. The summed E-state index contributed by atoms with van der Waals surface area (Å²) in [6, 6.07) is 0.518. The zero-order valence-corrected chi connectivity index (χ0v) is 7.12. The highest BCUT2D eigenvalue weighted by atomic mass is 15.1. The molecule has 1 atom stereocenters. The number of hydrogen-bond donors (Lipinski definition) is 1. The van der Waals surface area contributed by atoms with E-state index in [0.29, 0.717) is 11.9 Å². The fourth-order valence-corrected chi connectivity index (χ4v) is 1.16. The molecule has 0 saturated heterocycles. The molecule has 0 amide bonds. The quantitative estimate of drug-likeness (QED) is 0.719. The number of anilines is 1. The summed E-state index contributed by atoms with van der Waals surface area (Å²) in [7, 11) is 0. The lowest BCUT2D eigenvalue weighted by atomic mass is 10.2. The molecule has 0 aliphatic rings. The Bertz CT molecular complexity index is 217. The van der Waals surface area contributed by atoms with Crippen molar-refractivity contribution in [2.75, 3.05) is 5.73 Å². The molecular weight excluding hydrogens is 138 g/mol. The number of nitrogen functional groups attached to an aromatic ring is 1. The monoisotopic (exact) mass is 153 g/mol. The highest BCUT2D eigenvalue weighted by Gasteiger charge is 2.02. The van der Waals surface area contributed by atoms with Gasteiger partial charge in [-0.25, -0.2) is 4.98 Å². The van der Waals surface area contributed by atoms with Crippen LogP contribution in [-0.2, 0) is 0 Å². The number of nitrogens with zero attached hydrogens (tertiary/aromatic N) is 2. The van der Waals surface area contributed by atoms with E-state index in [9.17, 15) is 0 Å². The van der Waals surface area contributed by atoms with Crippen LogP contribution in [0.4, 0.5) is 5.82 Å².